The molecule has 0 bridgehead atoms. The van der Waals surface area contributed by atoms with Crippen LogP contribution < -0.4 is 0 Å². The third-order valence-corrected chi connectivity index (χ3v) is 1.64. The molecule has 0 aliphatic heterocycles. The van der Waals surface area contributed by atoms with E-state index in [4.69, 9.17) is 0 Å². The summed E-state index contributed by atoms with van der Waals surface area (Å²) >= 11 is 0. The van der Waals surface area contributed by atoms with Gasteiger partial charge < -0.3 is 0 Å². The largest absolute Gasteiger partial charge is 0.377 e. The molecule has 0 aromatic heterocycles. The Hall–Kier alpha value is -0.560. The molecule has 0 aromatic rings. The SMILES string of the molecule is [CH2]CCC(F)(F)C(F)(F)C(F)(F)C(F)F. The zero-order valence-corrected chi connectivity index (χ0v) is 7.22. The van der Waals surface area contributed by atoms with Gasteiger partial charge in [-0.3, -0.25) is 0 Å². The molecule has 0 saturated carbocycles. The van der Waals surface area contributed by atoms with Crippen LogP contribution in [0.5, 0.6) is 0 Å². The molecule has 0 spiro atoms. The van der Waals surface area contributed by atoms with Crippen LogP contribution in [0.25, 0.3) is 0 Å². The van der Waals surface area contributed by atoms with Crippen molar-refractivity contribution in [3.05, 3.63) is 6.92 Å². The molecule has 0 fully saturated rings. The Labute approximate surface area is 80.3 Å². The summed E-state index contributed by atoms with van der Waals surface area (Å²) in [7, 11) is 0. The van der Waals surface area contributed by atoms with Gasteiger partial charge >= 0.3 is 24.2 Å². The summed E-state index contributed by atoms with van der Waals surface area (Å²) in [5.41, 5.74) is 0. The highest BCUT2D eigenvalue weighted by Gasteiger charge is 2.74. The van der Waals surface area contributed by atoms with E-state index in [1.54, 1.807) is 0 Å². The van der Waals surface area contributed by atoms with E-state index < -0.39 is 37.0 Å². The van der Waals surface area contributed by atoms with Gasteiger partial charge in [0.25, 0.3) is 0 Å². The van der Waals surface area contributed by atoms with Gasteiger partial charge in [0.1, 0.15) is 0 Å². The third kappa shape index (κ3) is 2.34. The van der Waals surface area contributed by atoms with Gasteiger partial charge in [0.15, 0.2) is 0 Å². The van der Waals surface area contributed by atoms with E-state index in [2.05, 4.69) is 6.92 Å². The van der Waals surface area contributed by atoms with Crippen LogP contribution >= 0.6 is 0 Å². The maximum absolute atomic E-state index is 12.5. The summed E-state index contributed by atoms with van der Waals surface area (Å²) in [4.78, 5) is 0. The summed E-state index contributed by atoms with van der Waals surface area (Å²) in [5.74, 6) is -17.4. The van der Waals surface area contributed by atoms with Crippen molar-refractivity contribution in [1.29, 1.82) is 0 Å². The van der Waals surface area contributed by atoms with E-state index in [1.807, 2.05) is 0 Å². The fourth-order valence-corrected chi connectivity index (χ4v) is 0.760. The lowest BCUT2D eigenvalue weighted by atomic mass is 10.0. The molecule has 0 atom stereocenters. The average Bonchev–Trinajstić information content (AvgIpc) is 2.02. The molecular weight excluding hydrogens is 236 g/mol. The Morgan fingerprint density at radius 2 is 1.33 bits per heavy atom. The molecule has 8 heteroatoms. The maximum Gasteiger partial charge on any atom is 0.377 e. The van der Waals surface area contributed by atoms with E-state index in [0.29, 0.717) is 0 Å². The Morgan fingerprint density at radius 3 is 1.60 bits per heavy atom. The molecule has 91 valence electrons. The Kier molecular flexibility index (Phi) is 3.98. The van der Waals surface area contributed by atoms with E-state index in [1.165, 1.54) is 0 Å². The lowest BCUT2D eigenvalue weighted by Crippen LogP contribution is -2.57. The van der Waals surface area contributed by atoms with Crippen LogP contribution in [0.3, 0.4) is 0 Å². The molecule has 0 aromatic carbocycles. The van der Waals surface area contributed by atoms with Gasteiger partial charge in [-0.1, -0.05) is 6.92 Å². The predicted octanol–water partition coefficient (Wildman–Crippen LogP) is 3.77. The molecule has 0 unspecified atom stereocenters. The quantitative estimate of drug-likeness (QED) is 0.645. The van der Waals surface area contributed by atoms with Crippen LogP contribution in [0.2, 0.25) is 0 Å². The molecule has 1 radical (unpaired) electrons. The van der Waals surface area contributed by atoms with Crippen molar-refractivity contribution < 1.29 is 35.1 Å². The molecule has 0 N–H and O–H groups in total. The first-order valence-electron chi connectivity index (χ1n) is 3.71. The van der Waals surface area contributed by atoms with E-state index in [0.717, 1.165) is 0 Å². The van der Waals surface area contributed by atoms with Gasteiger partial charge in [-0.05, 0) is 6.42 Å². The fourth-order valence-electron chi connectivity index (χ4n) is 0.760. The summed E-state index contributed by atoms with van der Waals surface area (Å²) in [6.07, 6.45) is -7.33. The zero-order valence-electron chi connectivity index (χ0n) is 7.22. The van der Waals surface area contributed by atoms with Crippen molar-refractivity contribution in [3.8, 4) is 0 Å². The number of hydrogen-bond acceptors (Lipinski definition) is 0. The van der Waals surface area contributed by atoms with E-state index in [-0.39, 0.29) is 0 Å². The van der Waals surface area contributed by atoms with E-state index >= 15 is 0 Å². The first-order chi connectivity index (χ1) is 6.50. The van der Waals surface area contributed by atoms with Crippen molar-refractivity contribution in [2.24, 2.45) is 0 Å². The van der Waals surface area contributed by atoms with Gasteiger partial charge in [0.05, 0.1) is 0 Å². The minimum absolute atomic E-state index is 0.776. The molecule has 0 nitrogen and oxygen atoms in total. The number of halogens is 8. The fraction of sp³-hybridized carbons (Fsp3) is 0.857. The smallest absolute Gasteiger partial charge is 0.203 e. The molecule has 0 amide bonds. The highest BCUT2D eigenvalue weighted by Crippen LogP contribution is 2.50. The second-order valence-corrected chi connectivity index (χ2v) is 2.81. The standard InChI is InChI=1S/C7H7F8/c1-2-3-5(10,11)7(14,15)6(12,13)4(8)9/h4H,1-3H2. The van der Waals surface area contributed by atoms with Crippen LogP contribution in [-0.2, 0) is 0 Å². The number of rotatable bonds is 5. The molecule has 0 aliphatic rings. The lowest BCUT2D eigenvalue weighted by Gasteiger charge is -2.32. The van der Waals surface area contributed by atoms with Gasteiger partial charge in [-0.15, -0.1) is 0 Å². The Balaban J connectivity index is 5.11. The van der Waals surface area contributed by atoms with E-state index in [9.17, 15) is 35.1 Å². The minimum Gasteiger partial charge on any atom is -0.203 e. The molecule has 0 aliphatic carbocycles. The molecule has 0 rings (SSSR count). The topological polar surface area (TPSA) is 0 Å². The summed E-state index contributed by atoms with van der Waals surface area (Å²) < 4.78 is 97.0. The predicted molar refractivity (Wildman–Crippen MR) is 35.4 cm³/mol. The highest BCUT2D eigenvalue weighted by atomic mass is 19.4. The molecule has 15 heavy (non-hydrogen) atoms. The molecular formula is C7H7F8. The maximum atomic E-state index is 12.5. The van der Waals surface area contributed by atoms with Gasteiger partial charge in [0.2, 0.25) is 0 Å². The number of hydrogen-bond donors (Lipinski definition) is 0. The van der Waals surface area contributed by atoms with Crippen LogP contribution in [0.15, 0.2) is 0 Å². The van der Waals surface area contributed by atoms with Crippen molar-refractivity contribution in [2.75, 3.05) is 0 Å². The monoisotopic (exact) mass is 243 g/mol. The molecule has 0 saturated heterocycles. The van der Waals surface area contributed by atoms with Gasteiger partial charge in [-0.25, -0.2) is 8.78 Å². The Bertz CT molecular complexity index is 209. The van der Waals surface area contributed by atoms with Gasteiger partial charge in [0, 0.05) is 6.42 Å². The van der Waals surface area contributed by atoms with Crippen LogP contribution in [0, 0.1) is 6.92 Å². The first-order valence-corrected chi connectivity index (χ1v) is 3.71. The van der Waals surface area contributed by atoms with Crippen LogP contribution in [-0.4, -0.2) is 24.2 Å². The summed E-state index contributed by atoms with van der Waals surface area (Å²) in [6, 6.07) is 0. The van der Waals surface area contributed by atoms with Crippen molar-refractivity contribution in [2.45, 2.75) is 37.0 Å². The highest BCUT2D eigenvalue weighted by molar-refractivity contribution is 4.97. The zero-order chi connectivity index (χ0) is 12.5. The third-order valence-electron chi connectivity index (χ3n) is 1.64. The normalized spacial score (nSPS) is 14.8. The van der Waals surface area contributed by atoms with Gasteiger partial charge in [-0.2, -0.15) is 26.3 Å². The van der Waals surface area contributed by atoms with Crippen molar-refractivity contribution in [1.82, 2.24) is 0 Å². The first kappa shape index (κ1) is 14.4. The second kappa shape index (κ2) is 4.13. The summed E-state index contributed by atoms with van der Waals surface area (Å²) in [6.45, 7) is 2.77. The average molecular weight is 243 g/mol. The summed E-state index contributed by atoms with van der Waals surface area (Å²) in [5, 5.41) is 0. The lowest BCUT2D eigenvalue weighted by molar-refractivity contribution is -0.339. The Morgan fingerprint density at radius 1 is 0.933 bits per heavy atom. The molecule has 0 heterocycles. The second-order valence-electron chi connectivity index (χ2n) is 2.81. The van der Waals surface area contributed by atoms with Crippen LogP contribution in [0.4, 0.5) is 35.1 Å². The van der Waals surface area contributed by atoms with Crippen molar-refractivity contribution >= 4 is 0 Å². The van der Waals surface area contributed by atoms with Crippen LogP contribution in [0.1, 0.15) is 12.8 Å². The van der Waals surface area contributed by atoms with Crippen molar-refractivity contribution in [3.63, 3.8) is 0 Å². The number of alkyl halides is 8. The minimum atomic E-state index is -6.09.